The second-order valence-electron chi connectivity index (χ2n) is 9.24. The van der Waals surface area contributed by atoms with Gasteiger partial charge in [0.25, 0.3) is 0 Å². The number of nitrogens with one attached hydrogen (secondary N) is 2. The van der Waals surface area contributed by atoms with Crippen LogP contribution in [-0.4, -0.2) is 64.8 Å². The molecule has 0 aromatic heterocycles. The standard InChI is InChI=1S/C15H20ClNO4.C14H18ClNO4/c1-9(2)14(15(19)21-4)17-13(18)8-10-11(16)6-5-7-12(10)20-3;1-9(14(18)20-3)8-16-13(17)7-10-11(15)5-4-6-12(10)19-2/h5-7,9,14H,8H2,1-4H3,(H,17,18);4-6,9H,7-8H2,1-3H3,(H,16,17)/t14-;/m0./s1. The number of carbonyl (C=O) groups excluding carboxylic acids is 4. The van der Waals surface area contributed by atoms with Crippen molar-refractivity contribution in [1.29, 1.82) is 0 Å². The highest BCUT2D eigenvalue weighted by Crippen LogP contribution is 2.27. The second kappa shape index (κ2) is 18.0. The van der Waals surface area contributed by atoms with Crippen molar-refractivity contribution < 1.29 is 38.1 Å². The average molecular weight is 614 g/mol. The number of benzene rings is 2. The van der Waals surface area contributed by atoms with Gasteiger partial charge in [0, 0.05) is 27.7 Å². The van der Waals surface area contributed by atoms with Crippen molar-refractivity contribution in [2.75, 3.05) is 35.0 Å². The number of esters is 2. The first-order valence-corrected chi connectivity index (χ1v) is 13.5. The Labute approximate surface area is 251 Å². The van der Waals surface area contributed by atoms with Crippen LogP contribution < -0.4 is 20.1 Å². The lowest BCUT2D eigenvalue weighted by atomic mass is 10.0. The maximum Gasteiger partial charge on any atom is 0.328 e. The Morgan fingerprint density at radius 1 is 0.732 bits per heavy atom. The number of amides is 2. The molecule has 0 aliphatic rings. The summed E-state index contributed by atoms with van der Waals surface area (Å²) >= 11 is 12.1. The molecule has 0 heterocycles. The molecule has 2 atom stereocenters. The van der Waals surface area contributed by atoms with Crippen LogP contribution in [0.25, 0.3) is 0 Å². The Balaban J connectivity index is 0.000000410. The summed E-state index contributed by atoms with van der Waals surface area (Å²) < 4.78 is 19.6. The van der Waals surface area contributed by atoms with Crippen LogP contribution in [0.15, 0.2) is 36.4 Å². The average Bonchev–Trinajstić information content (AvgIpc) is 2.95. The van der Waals surface area contributed by atoms with Crippen molar-refractivity contribution in [3.8, 4) is 11.5 Å². The molecule has 0 saturated carbocycles. The molecule has 2 amide bonds. The van der Waals surface area contributed by atoms with Crippen molar-refractivity contribution in [3.05, 3.63) is 57.6 Å². The van der Waals surface area contributed by atoms with E-state index in [0.717, 1.165) is 0 Å². The highest BCUT2D eigenvalue weighted by molar-refractivity contribution is 6.32. The number of ether oxygens (including phenoxy) is 4. The van der Waals surface area contributed by atoms with E-state index < -0.39 is 17.9 Å². The molecule has 0 aliphatic heterocycles. The van der Waals surface area contributed by atoms with Crippen LogP contribution in [0.1, 0.15) is 31.9 Å². The summed E-state index contributed by atoms with van der Waals surface area (Å²) in [4.78, 5) is 46.9. The van der Waals surface area contributed by atoms with Gasteiger partial charge < -0.3 is 29.6 Å². The third-order valence-electron chi connectivity index (χ3n) is 5.91. The van der Waals surface area contributed by atoms with Gasteiger partial charge in [-0.3, -0.25) is 14.4 Å². The van der Waals surface area contributed by atoms with E-state index >= 15 is 0 Å². The Kier molecular flexibility index (Phi) is 15.6. The van der Waals surface area contributed by atoms with Gasteiger partial charge >= 0.3 is 11.9 Å². The second-order valence-corrected chi connectivity index (χ2v) is 10.0. The molecule has 2 N–H and O–H groups in total. The van der Waals surface area contributed by atoms with Crippen molar-refractivity contribution in [3.63, 3.8) is 0 Å². The summed E-state index contributed by atoms with van der Waals surface area (Å²) in [6, 6.07) is 9.67. The summed E-state index contributed by atoms with van der Waals surface area (Å²) in [7, 11) is 5.64. The van der Waals surface area contributed by atoms with Crippen LogP contribution in [0.4, 0.5) is 0 Å². The lowest BCUT2D eigenvalue weighted by Gasteiger charge is -2.20. The van der Waals surface area contributed by atoms with Crippen LogP contribution in [0, 0.1) is 11.8 Å². The van der Waals surface area contributed by atoms with Gasteiger partial charge in [0.1, 0.15) is 17.5 Å². The molecule has 0 saturated heterocycles. The molecule has 0 bridgehead atoms. The normalized spacial score (nSPS) is 11.8. The molecular weight excluding hydrogens is 575 g/mol. The van der Waals surface area contributed by atoms with Gasteiger partial charge in [-0.15, -0.1) is 0 Å². The van der Waals surface area contributed by atoms with E-state index in [1.54, 1.807) is 43.3 Å². The molecule has 2 aromatic carbocycles. The van der Waals surface area contributed by atoms with Crippen LogP contribution in [0.2, 0.25) is 10.0 Å². The van der Waals surface area contributed by atoms with Crippen molar-refractivity contribution >= 4 is 47.0 Å². The summed E-state index contributed by atoms with van der Waals surface area (Å²) in [6.07, 6.45) is 0.125. The SMILES string of the molecule is COC(=O)C(C)CNC(=O)Cc1c(Cl)cccc1OC.COC(=O)[C@@H](NC(=O)Cc1c(Cl)cccc1OC)C(C)C. The van der Waals surface area contributed by atoms with Crippen LogP contribution in [0.5, 0.6) is 11.5 Å². The van der Waals surface area contributed by atoms with Crippen molar-refractivity contribution in [1.82, 2.24) is 10.6 Å². The van der Waals surface area contributed by atoms with E-state index in [1.807, 2.05) is 13.8 Å². The van der Waals surface area contributed by atoms with E-state index in [9.17, 15) is 19.2 Å². The zero-order valence-corrected chi connectivity index (χ0v) is 25.9. The first-order valence-electron chi connectivity index (χ1n) is 12.7. The number of hydrogen-bond acceptors (Lipinski definition) is 8. The number of rotatable bonds is 12. The van der Waals surface area contributed by atoms with Gasteiger partial charge in [0.15, 0.2) is 0 Å². The predicted molar refractivity (Wildman–Crippen MR) is 156 cm³/mol. The highest BCUT2D eigenvalue weighted by Gasteiger charge is 2.25. The third kappa shape index (κ3) is 11.5. The lowest BCUT2D eigenvalue weighted by Crippen LogP contribution is -2.45. The summed E-state index contributed by atoms with van der Waals surface area (Å²) in [6.45, 7) is 5.57. The maximum absolute atomic E-state index is 12.1. The van der Waals surface area contributed by atoms with Crippen molar-refractivity contribution in [2.24, 2.45) is 11.8 Å². The summed E-state index contributed by atoms with van der Waals surface area (Å²) in [5, 5.41) is 6.26. The first-order chi connectivity index (χ1) is 19.4. The van der Waals surface area contributed by atoms with E-state index in [0.29, 0.717) is 32.7 Å². The lowest BCUT2D eigenvalue weighted by molar-refractivity contribution is -0.146. The molecule has 2 rings (SSSR count). The Bertz CT molecular complexity index is 1190. The van der Waals surface area contributed by atoms with Crippen molar-refractivity contribution in [2.45, 2.75) is 39.7 Å². The molecule has 226 valence electrons. The Morgan fingerprint density at radius 3 is 1.61 bits per heavy atom. The molecule has 0 radical (unpaired) electrons. The van der Waals surface area contributed by atoms with E-state index in [2.05, 4.69) is 20.1 Å². The largest absolute Gasteiger partial charge is 0.496 e. The molecule has 41 heavy (non-hydrogen) atoms. The highest BCUT2D eigenvalue weighted by atomic mass is 35.5. The van der Waals surface area contributed by atoms with Gasteiger partial charge in [-0.05, 0) is 30.2 Å². The molecule has 1 unspecified atom stereocenters. The Morgan fingerprint density at radius 2 is 1.20 bits per heavy atom. The van der Waals surface area contributed by atoms with Gasteiger partial charge in [0.2, 0.25) is 11.8 Å². The topological polar surface area (TPSA) is 129 Å². The number of halogens is 2. The van der Waals surface area contributed by atoms with Gasteiger partial charge in [-0.2, -0.15) is 0 Å². The quantitative estimate of drug-likeness (QED) is 0.344. The fourth-order valence-electron chi connectivity index (χ4n) is 3.59. The minimum Gasteiger partial charge on any atom is -0.496 e. The fraction of sp³-hybridized carbons (Fsp3) is 0.448. The molecule has 2 aromatic rings. The molecule has 0 spiro atoms. The maximum atomic E-state index is 12.1. The van der Waals surface area contributed by atoms with Gasteiger partial charge in [-0.1, -0.05) is 56.1 Å². The molecule has 12 heteroatoms. The smallest absolute Gasteiger partial charge is 0.328 e. The molecule has 0 aliphatic carbocycles. The van der Waals surface area contributed by atoms with Crippen LogP contribution in [-0.2, 0) is 41.5 Å². The minimum atomic E-state index is -0.684. The summed E-state index contributed by atoms with van der Waals surface area (Å²) in [5.41, 5.74) is 1.21. The number of carbonyl (C=O) groups is 4. The summed E-state index contributed by atoms with van der Waals surface area (Å²) in [5.74, 6) is -0.736. The van der Waals surface area contributed by atoms with E-state index in [4.69, 9.17) is 32.7 Å². The monoisotopic (exact) mass is 612 g/mol. The van der Waals surface area contributed by atoms with Crippen LogP contribution >= 0.6 is 23.2 Å². The van der Waals surface area contributed by atoms with E-state index in [1.165, 1.54) is 28.4 Å². The zero-order chi connectivity index (χ0) is 31.1. The van der Waals surface area contributed by atoms with Gasteiger partial charge in [0.05, 0.1) is 47.2 Å². The predicted octanol–water partition coefficient (Wildman–Crippen LogP) is 4.02. The minimum absolute atomic E-state index is 0.0308. The molecule has 10 nitrogen and oxygen atoms in total. The first kappa shape index (κ1) is 35.5. The third-order valence-corrected chi connectivity index (χ3v) is 6.62. The fourth-order valence-corrected chi connectivity index (χ4v) is 4.05. The number of hydrogen-bond donors (Lipinski definition) is 2. The van der Waals surface area contributed by atoms with Gasteiger partial charge in [-0.25, -0.2) is 4.79 Å². The number of methoxy groups -OCH3 is 4. The Hall–Kier alpha value is -3.50. The van der Waals surface area contributed by atoms with Crippen LogP contribution in [0.3, 0.4) is 0 Å². The molecular formula is C29H38Cl2N2O8. The van der Waals surface area contributed by atoms with E-state index in [-0.39, 0.29) is 43.1 Å². The zero-order valence-electron chi connectivity index (χ0n) is 24.3. The molecule has 0 fully saturated rings.